The van der Waals surface area contributed by atoms with Crippen LogP contribution < -0.4 is 26.2 Å². The van der Waals surface area contributed by atoms with Crippen molar-refractivity contribution in [1.29, 1.82) is 0 Å². The number of nitrogens with one attached hydrogen (secondary N) is 2. The van der Waals surface area contributed by atoms with Crippen LogP contribution in [0.3, 0.4) is 0 Å². The van der Waals surface area contributed by atoms with Gasteiger partial charge < -0.3 is 15.0 Å². The smallest absolute Gasteiger partial charge is 0.323 e. The van der Waals surface area contributed by atoms with E-state index < -0.39 is 0 Å². The molecule has 0 spiro atoms. The number of aromatic nitrogens is 3. The maximum absolute atomic E-state index is 11.6. The monoisotopic (exact) mass is 281 g/mol. The second kappa shape index (κ2) is 6.33. The third kappa shape index (κ3) is 3.67. The number of nitrogens with zero attached hydrogens (tertiary/aromatic N) is 4. The van der Waals surface area contributed by atoms with Gasteiger partial charge in [0.25, 0.3) is 0 Å². The van der Waals surface area contributed by atoms with Gasteiger partial charge in [-0.15, -0.1) is 0 Å². The van der Waals surface area contributed by atoms with Crippen LogP contribution in [0.15, 0.2) is 0 Å². The number of nitrogen functional groups attached to an aromatic ring is 1. The van der Waals surface area contributed by atoms with Crippen LogP contribution in [0, 0.1) is 0 Å². The van der Waals surface area contributed by atoms with Gasteiger partial charge in [0.2, 0.25) is 17.8 Å². The molecule has 9 nitrogen and oxygen atoms in total. The van der Waals surface area contributed by atoms with Crippen molar-refractivity contribution in [2.24, 2.45) is 5.84 Å². The van der Waals surface area contributed by atoms with E-state index in [2.05, 4.69) is 25.7 Å². The van der Waals surface area contributed by atoms with Crippen molar-refractivity contribution < 1.29 is 9.53 Å². The Balaban J connectivity index is 2.26. The fourth-order valence-electron chi connectivity index (χ4n) is 1.79. The molecule has 0 saturated carbocycles. The van der Waals surface area contributed by atoms with Crippen molar-refractivity contribution in [2.75, 3.05) is 30.0 Å². The van der Waals surface area contributed by atoms with E-state index in [1.54, 1.807) is 4.90 Å². The lowest BCUT2D eigenvalue weighted by Gasteiger charge is -2.20. The largest absolute Gasteiger partial charge is 0.461 e. The number of rotatable bonds is 4. The molecule has 1 aromatic heterocycles. The highest BCUT2D eigenvalue weighted by Crippen LogP contribution is 2.16. The summed E-state index contributed by atoms with van der Waals surface area (Å²) in [4.78, 5) is 25.8. The zero-order valence-corrected chi connectivity index (χ0v) is 11.6. The summed E-state index contributed by atoms with van der Waals surface area (Å²) in [6.07, 6.45) is 0.756. The topological polar surface area (TPSA) is 118 Å². The third-order valence-corrected chi connectivity index (χ3v) is 2.62. The fourth-order valence-corrected chi connectivity index (χ4v) is 1.79. The van der Waals surface area contributed by atoms with Gasteiger partial charge in [-0.1, -0.05) is 0 Å². The molecule has 2 heterocycles. The summed E-state index contributed by atoms with van der Waals surface area (Å²) < 4.78 is 5.46. The standard InChI is InChI=1S/C11H19N7O2/c1-7(2)20-11-15-9(17-12)14-10(16-11)18-5-3-4-13-8(19)6-18/h7H,3-6,12H2,1-2H3,(H,13,19)(H,14,15,16,17). The first-order valence-electron chi connectivity index (χ1n) is 6.49. The molecule has 1 saturated heterocycles. The second-order valence-corrected chi connectivity index (χ2v) is 4.68. The van der Waals surface area contributed by atoms with Crippen LogP contribution in [0.1, 0.15) is 20.3 Å². The molecule has 1 aromatic rings. The minimum atomic E-state index is -0.0664. The van der Waals surface area contributed by atoms with E-state index in [1.165, 1.54) is 0 Å². The molecule has 110 valence electrons. The van der Waals surface area contributed by atoms with Crippen molar-refractivity contribution in [1.82, 2.24) is 20.3 Å². The number of ether oxygens (including phenoxy) is 1. The minimum absolute atomic E-state index is 0.0588. The summed E-state index contributed by atoms with van der Waals surface area (Å²) in [7, 11) is 0. The average molecular weight is 281 g/mol. The van der Waals surface area contributed by atoms with E-state index in [-0.39, 0.29) is 30.5 Å². The van der Waals surface area contributed by atoms with E-state index in [9.17, 15) is 4.79 Å². The third-order valence-electron chi connectivity index (χ3n) is 2.62. The number of nitrogens with two attached hydrogens (primary N) is 1. The van der Waals surface area contributed by atoms with Crippen molar-refractivity contribution in [3.63, 3.8) is 0 Å². The number of hydrazine groups is 1. The second-order valence-electron chi connectivity index (χ2n) is 4.68. The molecule has 0 atom stereocenters. The maximum Gasteiger partial charge on any atom is 0.323 e. The Morgan fingerprint density at radius 2 is 2.20 bits per heavy atom. The predicted octanol–water partition coefficient (Wildman–Crippen LogP) is -0.729. The number of hydrogen-bond donors (Lipinski definition) is 3. The van der Waals surface area contributed by atoms with Crippen LogP contribution in [0.2, 0.25) is 0 Å². The van der Waals surface area contributed by atoms with Gasteiger partial charge in [-0.25, -0.2) is 5.84 Å². The molecule has 20 heavy (non-hydrogen) atoms. The van der Waals surface area contributed by atoms with E-state index in [4.69, 9.17) is 10.6 Å². The van der Waals surface area contributed by atoms with Gasteiger partial charge in [-0.2, -0.15) is 15.0 Å². The first kappa shape index (κ1) is 14.3. The van der Waals surface area contributed by atoms with Gasteiger partial charge in [0.15, 0.2) is 0 Å². The van der Waals surface area contributed by atoms with Crippen LogP contribution >= 0.6 is 0 Å². The Kier molecular flexibility index (Phi) is 4.51. The normalized spacial score (nSPS) is 15.8. The van der Waals surface area contributed by atoms with Crippen molar-refractivity contribution in [2.45, 2.75) is 26.4 Å². The summed E-state index contributed by atoms with van der Waals surface area (Å²) in [6.45, 7) is 5.28. The predicted molar refractivity (Wildman–Crippen MR) is 73.2 cm³/mol. The van der Waals surface area contributed by atoms with Crippen molar-refractivity contribution in [3.05, 3.63) is 0 Å². The SMILES string of the molecule is CC(C)Oc1nc(NN)nc(N2CCCNC(=O)C2)n1. The van der Waals surface area contributed by atoms with Crippen molar-refractivity contribution >= 4 is 17.8 Å². The molecule has 0 aromatic carbocycles. The molecule has 0 aliphatic carbocycles. The number of anilines is 2. The molecule has 0 unspecified atom stereocenters. The molecular weight excluding hydrogens is 262 g/mol. The van der Waals surface area contributed by atoms with E-state index in [0.29, 0.717) is 19.0 Å². The van der Waals surface area contributed by atoms with Crippen LogP contribution in [0.25, 0.3) is 0 Å². The van der Waals surface area contributed by atoms with Crippen molar-refractivity contribution in [3.8, 4) is 6.01 Å². The van der Waals surface area contributed by atoms with E-state index in [0.717, 1.165) is 6.42 Å². The quantitative estimate of drug-likeness (QED) is 0.488. The Bertz CT molecular complexity index is 480. The lowest BCUT2D eigenvalue weighted by atomic mass is 10.4. The highest BCUT2D eigenvalue weighted by Gasteiger charge is 2.19. The molecule has 1 amide bonds. The van der Waals surface area contributed by atoms with E-state index >= 15 is 0 Å². The van der Waals surface area contributed by atoms with Gasteiger partial charge in [0, 0.05) is 13.1 Å². The first-order chi connectivity index (χ1) is 9.58. The molecule has 1 fully saturated rings. The van der Waals surface area contributed by atoms with Gasteiger partial charge in [-0.3, -0.25) is 10.2 Å². The van der Waals surface area contributed by atoms with E-state index in [1.807, 2.05) is 13.8 Å². The van der Waals surface area contributed by atoms with Gasteiger partial charge in [0.1, 0.15) is 0 Å². The highest BCUT2D eigenvalue weighted by molar-refractivity contribution is 5.81. The van der Waals surface area contributed by atoms with Crippen LogP contribution in [0.5, 0.6) is 6.01 Å². The number of carbonyl (C=O) groups excluding carboxylic acids is 1. The molecule has 1 aliphatic heterocycles. The Labute approximate surface area is 116 Å². The molecule has 2 rings (SSSR count). The number of hydrogen-bond acceptors (Lipinski definition) is 8. The minimum Gasteiger partial charge on any atom is -0.461 e. The fraction of sp³-hybridized carbons (Fsp3) is 0.636. The van der Waals surface area contributed by atoms with Gasteiger partial charge >= 0.3 is 6.01 Å². The Morgan fingerprint density at radius 3 is 2.90 bits per heavy atom. The molecular formula is C11H19N7O2. The highest BCUT2D eigenvalue weighted by atomic mass is 16.5. The summed E-state index contributed by atoms with van der Waals surface area (Å²) in [5.74, 6) is 5.87. The van der Waals surface area contributed by atoms with Gasteiger partial charge in [-0.05, 0) is 20.3 Å². The summed E-state index contributed by atoms with van der Waals surface area (Å²) in [5, 5.41) is 2.80. The molecule has 1 aliphatic rings. The zero-order valence-electron chi connectivity index (χ0n) is 11.6. The van der Waals surface area contributed by atoms with Crippen LogP contribution in [-0.2, 0) is 4.79 Å². The summed E-state index contributed by atoms with van der Waals surface area (Å²) in [6, 6.07) is 0.183. The van der Waals surface area contributed by atoms with Crippen LogP contribution in [0.4, 0.5) is 11.9 Å². The lowest BCUT2D eigenvalue weighted by Crippen LogP contribution is -2.34. The summed E-state index contributed by atoms with van der Waals surface area (Å²) in [5.41, 5.74) is 2.38. The zero-order chi connectivity index (χ0) is 14.5. The number of amides is 1. The number of carbonyl (C=O) groups is 1. The van der Waals surface area contributed by atoms with Crippen LogP contribution in [-0.4, -0.2) is 46.6 Å². The Morgan fingerprint density at radius 1 is 1.40 bits per heavy atom. The Hall–Kier alpha value is -2.16. The lowest BCUT2D eigenvalue weighted by molar-refractivity contribution is -0.119. The summed E-state index contributed by atoms with van der Waals surface area (Å²) >= 11 is 0. The molecule has 0 radical (unpaired) electrons. The average Bonchev–Trinajstić information content (AvgIpc) is 2.62. The first-order valence-corrected chi connectivity index (χ1v) is 6.49. The molecule has 9 heteroatoms. The molecule has 4 N–H and O–H groups in total. The van der Waals surface area contributed by atoms with Gasteiger partial charge in [0.05, 0.1) is 12.6 Å². The molecule has 0 bridgehead atoms. The maximum atomic E-state index is 11.6.